The van der Waals surface area contributed by atoms with Gasteiger partial charge in [0.1, 0.15) is 6.07 Å². The first-order chi connectivity index (χ1) is 9.97. The Hall–Kier alpha value is -2.20. The second-order valence-electron chi connectivity index (χ2n) is 4.75. The molecular formula is C14H12BrN3O3. The van der Waals surface area contributed by atoms with E-state index >= 15 is 0 Å². The maximum absolute atomic E-state index is 11.9. The molecule has 0 aromatic heterocycles. The standard InChI is InChI=1S/C14H12BrN3O3/c15-11-2-1-8(3-9(11)7-16)4-12(19)17-10-5-13(20)18-14(21)6-10/h1-3,10H,4-6H2,(H,17,19)(H,18,20,21). The zero-order valence-corrected chi connectivity index (χ0v) is 12.6. The number of hydrogen-bond acceptors (Lipinski definition) is 4. The van der Waals surface area contributed by atoms with Crippen LogP contribution in [0.15, 0.2) is 22.7 Å². The van der Waals surface area contributed by atoms with Crippen molar-refractivity contribution in [3.8, 4) is 6.07 Å². The van der Waals surface area contributed by atoms with E-state index in [0.717, 1.165) is 0 Å². The first-order valence-corrected chi connectivity index (χ1v) is 7.08. The Morgan fingerprint density at radius 2 is 2.05 bits per heavy atom. The lowest BCUT2D eigenvalue weighted by Gasteiger charge is -2.22. The highest BCUT2D eigenvalue weighted by molar-refractivity contribution is 9.10. The molecule has 108 valence electrons. The molecule has 3 amide bonds. The van der Waals surface area contributed by atoms with Gasteiger partial charge in [-0.25, -0.2) is 0 Å². The van der Waals surface area contributed by atoms with Gasteiger partial charge in [-0.05, 0) is 33.6 Å². The summed E-state index contributed by atoms with van der Waals surface area (Å²) in [7, 11) is 0. The number of amides is 3. The van der Waals surface area contributed by atoms with Crippen molar-refractivity contribution in [1.29, 1.82) is 5.26 Å². The van der Waals surface area contributed by atoms with E-state index in [1.165, 1.54) is 0 Å². The van der Waals surface area contributed by atoms with E-state index in [0.29, 0.717) is 15.6 Å². The Labute approximate surface area is 129 Å². The highest BCUT2D eigenvalue weighted by atomic mass is 79.9. The summed E-state index contributed by atoms with van der Waals surface area (Å²) < 4.78 is 0.670. The summed E-state index contributed by atoms with van der Waals surface area (Å²) in [4.78, 5) is 34.4. The van der Waals surface area contributed by atoms with Crippen molar-refractivity contribution in [3.63, 3.8) is 0 Å². The normalized spacial score (nSPS) is 15.2. The molecule has 1 aromatic rings. The summed E-state index contributed by atoms with van der Waals surface area (Å²) in [5.41, 5.74) is 1.14. The van der Waals surface area contributed by atoms with Gasteiger partial charge in [0, 0.05) is 23.4 Å². The van der Waals surface area contributed by atoms with Crippen molar-refractivity contribution >= 4 is 33.7 Å². The number of carbonyl (C=O) groups excluding carboxylic acids is 3. The van der Waals surface area contributed by atoms with Crippen LogP contribution in [0, 0.1) is 11.3 Å². The summed E-state index contributed by atoms with van der Waals surface area (Å²) in [6.45, 7) is 0. The molecule has 0 bridgehead atoms. The molecule has 1 saturated heterocycles. The fourth-order valence-electron chi connectivity index (χ4n) is 2.11. The van der Waals surface area contributed by atoms with Gasteiger partial charge in [0.2, 0.25) is 17.7 Å². The van der Waals surface area contributed by atoms with Crippen molar-refractivity contribution in [1.82, 2.24) is 10.6 Å². The third-order valence-electron chi connectivity index (χ3n) is 3.02. The number of rotatable bonds is 3. The van der Waals surface area contributed by atoms with Gasteiger partial charge >= 0.3 is 0 Å². The molecule has 1 heterocycles. The smallest absolute Gasteiger partial charge is 0.228 e. The third-order valence-corrected chi connectivity index (χ3v) is 3.71. The minimum atomic E-state index is -0.468. The maximum atomic E-state index is 11.9. The molecule has 6 nitrogen and oxygen atoms in total. The Balaban J connectivity index is 1.97. The molecule has 2 rings (SSSR count). The lowest BCUT2D eigenvalue weighted by molar-refractivity contribution is -0.134. The van der Waals surface area contributed by atoms with Crippen molar-refractivity contribution < 1.29 is 14.4 Å². The Morgan fingerprint density at radius 1 is 1.38 bits per heavy atom. The zero-order chi connectivity index (χ0) is 15.4. The quantitative estimate of drug-likeness (QED) is 0.787. The first-order valence-electron chi connectivity index (χ1n) is 6.28. The number of hydrogen-bond donors (Lipinski definition) is 2. The minimum absolute atomic E-state index is 0.0915. The van der Waals surface area contributed by atoms with Gasteiger partial charge in [-0.3, -0.25) is 19.7 Å². The van der Waals surface area contributed by atoms with Crippen LogP contribution in [0.1, 0.15) is 24.0 Å². The van der Waals surface area contributed by atoms with Crippen LogP contribution in [0.5, 0.6) is 0 Å². The second-order valence-corrected chi connectivity index (χ2v) is 5.60. The fourth-order valence-corrected chi connectivity index (χ4v) is 2.45. The number of nitriles is 1. The number of nitrogens with zero attached hydrogens (tertiary/aromatic N) is 1. The number of nitrogens with one attached hydrogen (secondary N) is 2. The summed E-state index contributed by atoms with van der Waals surface area (Å²) >= 11 is 3.24. The molecule has 0 aliphatic carbocycles. The van der Waals surface area contributed by atoms with Crippen molar-refractivity contribution in [2.75, 3.05) is 0 Å². The van der Waals surface area contributed by atoms with Gasteiger partial charge in [-0.15, -0.1) is 0 Å². The lowest BCUT2D eigenvalue weighted by atomic mass is 10.0. The molecule has 21 heavy (non-hydrogen) atoms. The van der Waals surface area contributed by atoms with Crippen LogP contribution in [0.2, 0.25) is 0 Å². The second kappa shape index (κ2) is 6.50. The topological polar surface area (TPSA) is 99.1 Å². The number of piperidine rings is 1. The first kappa shape index (κ1) is 15.2. The minimum Gasteiger partial charge on any atom is -0.352 e. The van der Waals surface area contributed by atoms with Gasteiger partial charge in [0.15, 0.2) is 0 Å². The van der Waals surface area contributed by atoms with Crippen LogP contribution >= 0.6 is 15.9 Å². The largest absolute Gasteiger partial charge is 0.352 e. The number of halogens is 1. The highest BCUT2D eigenvalue weighted by Crippen LogP contribution is 2.17. The summed E-state index contributed by atoms with van der Waals surface area (Å²) in [6, 6.07) is 6.63. The molecule has 1 aliphatic rings. The van der Waals surface area contributed by atoms with Crippen molar-refractivity contribution in [3.05, 3.63) is 33.8 Å². The van der Waals surface area contributed by atoms with E-state index in [-0.39, 0.29) is 37.0 Å². The molecule has 2 N–H and O–H groups in total. The van der Waals surface area contributed by atoms with Crippen LogP contribution in [0.3, 0.4) is 0 Å². The number of benzene rings is 1. The van der Waals surface area contributed by atoms with Crippen LogP contribution < -0.4 is 10.6 Å². The monoisotopic (exact) mass is 349 g/mol. The average molecular weight is 350 g/mol. The van der Waals surface area contributed by atoms with E-state index in [2.05, 4.69) is 26.6 Å². The molecule has 1 aliphatic heterocycles. The summed E-state index contributed by atoms with van der Waals surface area (Å²) in [6.07, 6.45) is 0.288. The predicted molar refractivity (Wildman–Crippen MR) is 76.9 cm³/mol. The van der Waals surface area contributed by atoms with Gasteiger partial charge in [0.05, 0.1) is 12.0 Å². The van der Waals surface area contributed by atoms with Crippen LogP contribution in [0.4, 0.5) is 0 Å². The molecule has 0 atom stereocenters. The van der Waals surface area contributed by atoms with E-state index in [1.807, 2.05) is 6.07 Å². The van der Waals surface area contributed by atoms with Gasteiger partial charge in [-0.1, -0.05) is 6.07 Å². The lowest BCUT2D eigenvalue weighted by Crippen LogP contribution is -2.48. The van der Waals surface area contributed by atoms with Gasteiger partial charge in [0.25, 0.3) is 0 Å². The van der Waals surface area contributed by atoms with Crippen LogP contribution in [-0.2, 0) is 20.8 Å². The summed E-state index contributed by atoms with van der Waals surface area (Å²) in [5, 5.41) is 13.8. The number of imide groups is 1. The third kappa shape index (κ3) is 4.13. The van der Waals surface area contributed by atoms with Crippen molar-refractivity contribution in [2.24, 2.45) is 0 Å². The maximum Gasteiger partial charge on any atom is 0.228 e. The number of carbonyl (C=O) groups is 3. The zero-order valence-electron chi connectivity index (χ0n) is 11.0. The molecule has 0 radical (unpaired) electrons. The van der Waals surface area contributed by atoms with Gasteiger partial charge < -0.3 is 5.32 Å². The average Bonchev–Trinajstić information content (AvgIpc) is 2.39. The van der Waals surface area contributed by atoms with E-state index in [4.69, 9.17) is 5.26 Å². The predicted octanol–water partition coefficient (Wildman–Crippen LogP) is 0.785. The fraction of sp³-hybridized carbons (Fsp3) is 0.286. The van der Waals surface area contributed by atoms with E-state index in [9.17, 15) is 14.4 Å². The van der Waals surface area contributed by atoms with E-state index < -0.39 is 6.04 Å². The van der Waals surface area contributed by atoms with Crippen LogP contribution in [-0.4, -0.2) is 23.8 Å². The summed E-state index contributed by atoms with van der Waals surface area (Å²) in [5.74, 6) is -1.05. The molecule has 7 heteroatoms. The van der Waals surface area contributed by atoms with Crippen LogP contribution in [0.25, 0.3) is 0 Å². The molecular weight excluding hydrogens is 338 g/mol. The molecule has 0 unspecified atom stereocenters. The molecule has 1 fully saturated rings. The molecule has 1 aromatic carbocycles. The molecule has 0 spiro atoms. The molecule has 0 saturated carbocycles. The highest BCUT2D eigenvalue weighted by Gasteiger charge is 2.25. The van der Waals surface area contributed by atoms with Gasteiger partial charge in [-0.2, -0.15) is 5.26 Å². The SMILES string of the molecule is N#Cc1cc(CC(=O)NC2CC(=O)NC(=O)C2)ccc1Br. The Kier molecular flexibility index (Phi) is 4.70. The van der Waals surface area contributed by atoms with Crippen molar-refractivity contribution in [2.45, 2.75) is 25.3 Å². The Bertz CT molecular complexity index is 635. The Morgan fingerprint density at radius 3 is 2.67 bits per heavy atom. The van der Waals surface area contributed by atoms with E-state index in [1.54, 1.807) is 18.2 Å².